The van der Waals surface area contributed by atoms with Crippen LogP contribution in [0.3, 0.4) is 0 Å². The molecule has 0 radical (unpaired) electrons. The molecule has 216 valence electrons. The van der Waals surface area contributed by atoms with Gasteiger partial charge in [-0.15, -0.1) is 0 Å². The molecule has 0 unspecified atom stereocenters. The van der Waals surface area contributed by atoms with Crippen molar-refractivity contribution in [2.45, 2.75) is 79.8 Å². The largest absolute Gasteiger partial charge is 0.476 e. The van der Waals surface area contributed by atoms with Gasteiger partial charge in [-0.1, -0.05) is 0 Å². The molecule has 0 aliphatic rings. The summed E-state index contributed by atoms with van der Waals surface area (Å²) in [5, 5.41) is 0. The summed E-state index contributed by atoms with van der Waals surface area (Å²) in [6, 6.07) is 1.39. The van der Waals surface area contributed by atoms with Crippen LogP contribution in [0.25, 0.3) is 0 Å². The molecule has 37 heavy (non-hydrogen) atoms. The molecule has 0 fully saturated rings. The summed E-state index contributed by atoms with van der Waals surface area (Å²) in [5.74, 6) is 0.128. The summed E-state index contributed by atoms with van der Waals surface area (Å²) < 4.78 is 68.8. The normalized spacial score (nSPS) is 12.8. The summed E-state index contributed by atoms with van der Waals surface area (Å²) in [7, 11) is -6.83. The topological polar surface area (TPSA) is 154 Å². The van der Waals surface area contributed by atoms with Gasteiger partial charge in [-0.05, 0) is 55.4 Å². The monoisotopic (exact) mass is 572 g/mol. The van der Waals surface area contributed by atoms with E-state index in [1.807, 2.05) is 0 Å². The summed E-state index contributed by atoms with van der Waals surface area (Å²) in [6.45, 7) is 14.2. The van der Waals surface area contributed by atoms with Gasteiger partial charge in [-0.25, -0.2) is 4.79 Å². The molecule has 0 aromatic carbocycles. The molecular weight excluding hydrogens is 530 g/mol. The van der Waals surface area contributed by atoms with E-state index < -0.39 is 20.9 Å². The minimum absolute atomic E-state index is 0.0171. The maximum absolute atomic E-state index is 12.7. The van der Waals surface area contributed by atoms with Gasteiger partial charge in [0.05, 0.1) is 43.7 Å². The first-order valence-corrected chi connectivity index (χ1v) is 15.6. The van der Waals surface area contributed by atoms with Gasteiger partial charge in [0.15, 0.2) is 5.88 Å². The van der Waals surface area contributed by atoms with E-state index >= 15 is 0 Å². The second-order valence-electron chi connectivity index (χ2n) is 9.00. The molecule has 0 aliphatic heterocycles. The van der Waals surface area contributed by atoms with Crippen LogP contribution in [0.2, 0.25) is 0 Å². The SMILES string of the molecule is CC(C)OP(=O)(COCCOc1cc(OCCOCP(=O)(OC(C)C)OC(C)C)[nH]c(=O)n1)OC(C)C. The highest BCUT2D eigenvalue weighted by Crippen LogP contribution is 2.51. The summed E-state index contributed by atoms with van der Waals surface area (Å²) in [6.07, 6.45) is -1.63. The summed E-state index contributed by atoms with van der Waals surface area (Å²) in [4.78, 5) is 18.0. The average Bonchev–Trinajstić information content (AvgIpc) is 2.70. The Labute approximate surface area is 218 Å². The molecule has 1 rings (SSSR count). The Hall–Kier alpha value is -1.30. The lowest BCUT2D eigenvalue weighted by Gasteiger charge is -2.22. The number of hydrogen-bond donors (Lipinski definition) is 1. The fraction of sp³-hybridized carbons (Fsp3) is 0.818. The first-order chi connectivity index (χ1) is 17.2. The molecule has 1 heterocycles. The molecule has 15 heteroatoms. The Morgan fingerprint density at radius 3 is 1.51 bits per heavy atom. The van der Waals surface area contributed by atoms with E-state index in [0.29, 0.717) is 0 Å². The number of hydrogen-bond acceptors (Lipinski definition) is 12. The van der Waals surface area contributed by atoms with E-state index in [1.165, 1.54) is 6.07 Å². The minimum Gasteiger partial charge on any atom is -0.476 e. The maximum Gasteiger partial charge on any atom is 0.356 e. The van der Waals surface area contributed by atoms with Crippen molar-refractivity contribution in [2.75, 3.05) is 39.1 Å². The Morgan fingerprint density at radius 1 is 0.703 bits per heavy atom. The van der Waals surface area contributed by atoms with Crippen LogP contribution in [0.15, 0.2) is 10.9 Å². The van der Waals surface area contributed by atoms with Crippen molar-refractivity contribution in [3.05, 3.63) is 16.6 Å². The highest BCUT2D eigenvalue weighted by atomic mass is 31.2. The molecule has 0 bridgehead atoms. The van der Waals surface area contributed by atoms with E-state index in [-0.39, 0.29) is 75.3 Å². The van der Waals surface area contributed by atoms with Gasteiger partial charge in [0.25, 0.3) is 0 Å². The average molecular weight is 573 g/mol. The third kappa shape index (κ3) is 15.6. The van der Waals surface area contributed by atoms with Crippen LogP contribution < -0.4 is 15.2 Å². The second-order valence-corrected chi connectivity index (χ2v) is 12.8. The fourth-order valence-electron chi connectivity index (χ4n) is 2.79. The van der Waals surface area contributed by atoms with Crippen LogP contribution in [-0.4, -0.2) is 73.5 Å². The van der Waals surface area contributed by atoms with Gasteiger partial charge in [-0.2, -0.15) is 4.98 Å². The van der Waals surface area contributed by atoms with Gasteiger partial charge < -0.3 is 37.0 Å². The first kappa shape index (κ1) is 33.7. The van der Waals surface area contributed by atoms with Crippen LogP contribution in [0.1, 0.15) is 55.4 Å². The number of rotatable bonds is 20. The zero-order valence-corrected chi connectivity index (χ0v) is 24.8. The molecule has 1 aromatic rings. The standard InChI is InChI=1S/C22H42N2O11P2/c1-16(2)32-36(26,33-17(3)4)14-28-9-11-30-20-13-21(24-22(25)23-20)31-12-10-29-15-37(27,34-18(5)6)35-19(7)8/h13,16-19H,9-12,14-15H2,1-8H3,(H,23,24,25). The quantitative estimate of drug-likeness (QED) is 0.172. The van der Waals surface area contributed by atoms with Gasteiger partial charge in [0.2, 0.25) is 5.88 Å². The minimum atomic E-state index is -3.42. The number of nitrogens with one attached hydrogen (secondary N) is 1. The number of ether oxygens (including phenoxy) is 4. The van der Waals surface area contributed by atoms with Crippen molar-refractivity contribution in [2.24, 2.45) is 0 Å². The number of nitrogens with zero attached hydrogens (tertiary/aromatic N) is 1. The van der Waals surface area contributed by atoms with Crippen molar-refractivity contribution in [1.29, 1.82) is 0 Å². The lowest BCUT2D eigenvalue weighted by molar-refractivity contribution is 0.0832. The molecule has 0 saturated heterocycles. The zero-order chi connectivity index (χ0) is 28.1. The summed E-state index contributed by atoms with van der Waals surface area (Å²) >= 11 is 0. The Balaban J connectivity index is 2.49. The van der Waals surface area contributed by atoms with E-state index in [0.717, 1.165) is 0 Å². The Morgan fingerprint density at radius 2 is 1.11 bits per heavy atom. The van der Waals surface area contributed by atoms with E-state index in [9.17, 15) is 13.9 Å². The number of H-pyrrole nitrogens is 1. The summed E-state index contributed by atoms with van der Waals surface area (Å²) in [5.41, 5.74) is -0.672. The first-order valence-electron chi connectivity index (χ1n) is 12.2. The van der Waals surface area contributed by atoms with Gasteiger partial charge >= 0.3 is 20.9 Å². The molecule has 0 saturated carbocycles. The predicted octanol–water partition coefficient (Wildman–Crippen LogP) is 4.56. The van der Waals surface area contributed by atoms with Crippen molar-refractivity contribution >= 4 is 15.2 Å². The number of aromatic nitrogens is 2. The highest BCUT2D eigenvalue weighted by Gasteiger charge is 2.29. The molecule has 0 aliphatic carbocycles. The molecule has 13 nitrogen and oxygen atoms in total. The molecule has 1 N–H and O–H groups in total. The lowest BCUT2D eigenvalue weighted by atomic mass is 10.5. The van der Waals surface area contributed by atoms with Gasteiger partial charge in [0, 0.05) is 0 Å². The van der Waals surface area contributed by atoms with Crippen LogP contribution in [0, 0.1) is 0 Å². The third-order valence-corrected chi connectivity index (χ3v) is 7.61. The Kier molecular flexibility index (Phi) is 15.1. The molecule has 0 atom stereocenters. The van der Waals surface area contributed by atoms with Gasteiger partial charge in [0.1, 0.15) is 25.9 Å². The van der Waals surface area contributed by atoms with Gasteiger partial charge in [-0.3, -0.25) is 14.1 Å². The third-order valence-electron chi connectivity index (χ3n) is 3.64. The van der Waals surface area contributed by atoms with E-state index in [2.05, 4.69) is 9.97 Å². The molecule has 0 amide bonds. The fourth-order valence-corrected chi connectivity index (χ4v) is 6.41. The van der Waals surface area contributed by atoms with Crippen LogP contribution in [-0.2, 0) is 36.7 Å². The Bertz CT molecular complexity index is 840. The molecule has 1 aromatic heterocycles. The van der Waals surface area contributed by atoms with E-state index in [4.69, 9.17) is 37.0 Å². The van der Waals surface area contributed by atoms with Crippen LogP contribution in [0.5, 0.6) is 11.8 Å². The molecule has 0 spiro atoms. The van der Waals surface area contributed by atoms with Crippen molar-refractivity contribution in [1.82, 2.24) is 9.97 Å². The molecular formula is C22H42N2O11P2. The maximum atomic E-state index is 12.7. The second kappa shape index (κ2) is 16.6. The smallest absolute Gasteiger partial charge is 0.356 e. The highest BCUT2D eigenvalue weighted by molar-refractivity contribution is 7.53. The van der Waals surface area contributed by atoms with Crippen molar-refractivity contribution < 1.29 is 46.2 Å². The predicted molar refractivity (Wildman–Crippen MR) is 138 cm³/mol. The lowest BCUT2D eigenvalue weighted by Crippen LogP contribution is -2.18. The zero-order valence-electron chi connectivity index (χ0n) is 23.0. The van der Waals surface area contributed by atoms with Crippen LogP contribution >= 0.6 is 15.2 Å². The van der Waals surface area contributed by atoms with Crippen molar-refractivity contribution in [3.8, 4) is 11.8 Å². The van der Waals surface area contributed by atoms with Crippen molar-refractivity contribution in [3.63, 3.8) is 0 Å². The van der Waals surface area contributed by atoms with E-state index in [1.54, 1.807) is 55.4 Å². The number of aromatic amines is 1. The van der Waals surface area contributed by atoms with Crippen LogP contribution in [0.4, 0.5) is 0 Å².